The average molecular weight is 406 g/mol. The van der Waals surface area contributed by atoms with Crippen LogP contribution in [0.2, 0.25) is 0 Å². The Morgan fingerprint density at radius 1 is 0.767 bits per heavy atom. The van der Waals surface area contributed by atoms with Crippen LogP contribution in [-0.2, 0) is 24.4 Å². The predicted octanol–water partition coefficient (Wildman–Crippen LogP) is 4.20. The van der Waals surface area contributed by atoms with E-state index in [4.69, 9.17) is 0 Å². The van der Waals surface area contributed by atoms with Crippen LogP contribution in [0.25, 0.3) is 0 Å². The molecule has 0 unspecified atom stereocenters. The van der Waals surface area contributed by atoms with Crippen LogP contribution in [-0.4, -0.2) is 41.9 Å². The van der Waals surface area contributed by atoms with Crippen LogP contribution in [0.1, 0.15) is 48.8 Å². The minimum absolute atomic E-state index is 0.145. The van der Waals surface area contributed by atoms with Crippen molar-refractivity contribution in [2.75, 3.05) is 26.2 Å². The molecule has 1 N–H and O–H groups in total. The molecular weight excluding hydrogens is 370 g/mol. The number of amides is 1. The van der Waals surface area contributed by atoms with E-state index in [1.807, 2.05) is 0 Å². The van der Waals surface area contributed by atoms with Crippen molar-refractivity contribution < 1.29 is 4.79 Å². The summed E-state index contributed by atoms with van der Waals surface area (Å²) < 4.78 is 0. The standard InChI is InChI=1S/C26H35N3O/c30-26(23-13-17-29(18-14-23)20-22-9-3-1-4-10-22)27-19-24-11-5-6-12-25(24)21-28-15-7-2-8-16-28/h1,3-6,9-12,23H,2,7-8,13-21H2,(H,27,30). The van der Waals surface area contributed by atoms with E-state index in [-0.39, 0.29) is 11.8 Å². The fourth-order valence-corrected chi connectivity index (χ4v) is 4.76. The molecule has 0 bridgehead atoms. The Hall–Kier alpha value is -2.17. The van der Waals surface area contributed by atoms with E-state index in [2.05, 4.69) is 69.7 Å². The maximum absolute atomic E-state index is 12.8. The lowest BCUT2D eigenvalue weighted by molar-refractivity contribution is -0.126. The first kappa shape index (κ1) is 21.1. The summed E-state index contributed by atoms with van der Waals surface area (Å²) in [4.78, 5) is 17.8. The van der Waals surface area contributed by atoms with Crippen molar-refractivity contribution >= 4 is 5.91 Å². The molecule has 2 aromatic rings. The normalized spacial score (nSPS) is 18.9. The average Bonchev–Trinajstić information content (AvgIpc) is 2.80. The van der Waals surface area contributed by atoms with Gasteiger partial charge in [0.2, 0.25) is 5.91 Å². The summed E-state index contributed by atoms with van der Waals surface area (Å²) in [5.74, 6) is 0.369. The molecule has 2 aliphatic heterocycles. The zero-order valence-corrected chi connectivity index (χ0v) is 18.1. The maximum Gasteiger partial charge on any atom is 0.223 e. The van der Waals surface area contributed by atoms with Crippen LogP contribution < -0.4 is 5.32 Å². The van der Waals surface area contributed by atoms with Crippen molar-refractivity contribution in [3.05, 3.63) is 71.3 Å². The fraction of sp³-hybridized carbons (Fsp3) is 0.500. The molecule has 0 saturated carbocycles. The summed E-state index contributed by atoms with van der Waals surface area (Å²) in [6.07, 6.45) is 5.88. The van der Waals surface area contributed by atoms with Gasteiger partial charge < -0.3 is 5.32 Å². The number of carbonyl (C=O) groups excluding carboxylic acids is 1. The molecule has 2 aromatic carbocycles. The van der Waals surface area contributed by atoms with Crippen LogP contribution in [0.5, 0.6) is 0 Å². The summed E-state index contributed by atoms with van der Waals surface area (Å²) in [5, 5.41) is 3.23. The number of piperidine rings is 2. The minimum Gasteiger partial charge on any atom is -0.352 e. The summed E-state index contributed by atoms with van der Waals surface area (Å²) in [7, 11) is 0. The van der Waals surface area contributed by atoms with Gasteiger partial charge in [-0.2, -0.15) is 0 Å². The molecular formula is C26H35N3O. The predicted molar refractivity (Wildman–Crippen MR) is 122 cm³/mol. The maximum atomic E-state index is 12.8. The minimum atomic E-state index is 0.145. The summed E-state index contributed by atoms with van der Waals surface area (Å²) >= 11 is 0. The van der Waals surface area contributed by atoms with Crippen molar-refractivity contribution in [1.29, 1.82) is 0 Å². The van der Waals surface area contributed by atoms with E-state index in [0.29, 0.717) is 6.54 Å². The second kappa shape index (κ2) is 10.7. The molecule has 30 heavy (non-hydrogen) atoms. The first-order valence-electron chi connectivity index (χ1n) is 11.6. The number of nitrogens with one attached hydrogen (secondary N) is 1. The Balaban J connectivity index is 1.24. The van der Waals surface area contributed by atoms with Crippen LogP contribution in [0.4, 0.5) is 0 Å². The molecule has 0 atom stereocenters. The Kier molecular flexibility index (Phi) is 7.54. The number of rotatable bonds is 7. The van der Waals surface area contributed by atoms with Gasteiger partial charge in [0.1, 0.15) is 0 Å². The first-order chi connectivity index (χ1) is 14.8. The zero-order chi connectivity index (χ0) is 20.6. The third kappa shape index (κ3) is 5.93. The van der Waals surface area contributed by atoms with Crippen molar-refractivity contribution in [3.63, 3.8) is 0 Å². The number of hydrogen-bond acceptors (Lipinski definition) is 3. The molecule has 2 aliphatic rings. The Morgan fingerprint density at radius 2 is 1.40 bits per heavy atom. The monoisotopic (exact) mass is 405 g/mol. The van der Waals surface area contributed by atoms with E-state index in [1.54, 1.807) is 0 Å². The van der Waals surface area contributed by atoms with E-state index >= 15 is 0 Å². The van der Waals surface area contributed by atoms with E-state index < -0.39 is 0 Å². The van der Waals surface area contributed by atoms with Gasteiger partial charge in [-0.15, -0.1) is 0 Å². The van der Waals surface area contributed by atoms with Crippen molar-refractivity contribution in [1.82, 2.24) is 15.1 Å². The van der Waals surface area contributed by atoms with Gasteiger partial charge in [0.15, 0.2) is 0 Å². The van der Waals surface area contributed by atoms with Crippen molar-refractivity contribution in [3.8, 4) is 0 Å². The molecule has 4 heteroatoms. The Bertz CT molecular complexity index is 793. The molecule has 1 amide bonds. The van der Waals surface area contributed by atoms with Gasteiger partial charge in [-0.25, -0.2) is 0 Å². The molecule has 0 aromatic heterocycles. The molecule has 0 aliphatic carbocycles. The molecule has 2 heterocycles. The molecule has 0 spiro atoms. The second-order valence-electron chi connectivity index (χ2n) is 8.86. The number of benzene rings is 2. The summed E-state index contributed by atoms with van der Waals surface area (Å²) in [5.41, 5.74) is 3.97. The van der Waals surface area contributed by atoms with Gasteiger partial charge >= 0.3 is 0 Å². The second-order valence-corrected chi connectivity index (χ2v) is 8.86. The van der Waals surface area contributed by atoms with E-state index in [0.717, 1.165) is 39.0 Å². The molecule has 2 saturated heterocycles. The quantitative estimate of drug-likeness (QED) is 0.750. The highest BCUT2D eigenvalue weighted by Crippen LogP contribution is 2.20. The molecule has 2 fully saturated rings. The van der Waals surface area contributed by atoms with Crippen LogP contribution in [0.15, 0.2) is 54.6 Å². The van der Waals surface area contributed by atoms with Crippen LogP contribution >= 0.6 is 0 Å². The third-order valence-electron chi connectivity index (χ3n) is 6.62. The number of likely N-dealkylation sites (tertiary alicyclic amines) is 2. The number of nitrogens with zero attached hydrogens (tertiary/aromatic N) is 2. The third-order valence-corrected chi connectivity index (χ3v) is 6.62. The van der Waals surface area contributed by atoms with Crippen LogP contribution in [0.3, 0.4) is 0 Å². The van der Waals surface area contributed by atoms with E-state index in [1.165, 1.54) is 49.0 Å². The molecule has 4 rings (SSSR count). The first-order valence-corrected chi connectivity index (χ1v) is 11.6. The van der Waals surface area contributed by atoms with Gasteiger partial charge in [-0.1, -0.05) is 61.0 Å². The topological polar surface area (TPSA) is 35.6 Å². The SMILES string of the molecule is O=C(NCc1ccccc1CN1CCCCC1)C1CCN(Cc2ccccc2)CC1. The smallest absolute Gasteiger partial charge is 0.223 e. The van der Waals surface area contributed by atoms with Gasteiger partial charge in [-0.05, 0) is 68.6 Å². The molecule has 0 radical (unpaired) electrons. The highest BCUT2D eigenvalue weighted by Gasteiger charge is 2.25. The molecule has 4 nitrogen and oxygen atoms in total. The van der Waals surface area contributed by atoms with Gasteiger partial charge in [0.25, 0.3) is 0 Å². The largest absolute Gasteiger partial charge is 0.352 e. The van der Waals surface area contributed by atoms with Crippen molar-refractivity contribution in [2.24, 2.45) is 5.92 Å². The van der Waals surface area contributed by atoms with Crippen molar-refractivity contribution in [2.45, 2.75) is 51.7 Å². The number of hydrogen-bond donors (Lipinski definition) is 1. The number of carbonyl (C=O) groups is 1. The highest BCUT2D eigenvalue weighted by atomic mass is 16.1. The Labute approximate surface area is 181 Å². The van der Waals surface area contributed by atoms with Gasteiger partial charge in [-0.3, -0.25) is 14.6 Å². The van der Waals surface area contributed by atoms with Gasteiger partial charge in [0, 0.05) is 25.6 Å². The van der Waals surface area contributed by atoms with Crippen LogP contribution in [0, 0.1) is 5.92 Å². The fourth-order valence-electron chi connectivity index (χ4n) is 4.76. The molecule has 160 valence electrons. The van der Waals surface area contributed by atoms with E-state index in [9.17, 15) is 4.79 Å². The lowest BCUT2D eigenvalue weighted by atomic mass is 9.95. The Morgan fingerprint density at radius 3 is 2.13 bits per heavy atom. The zero-order valence-electron chi connectivity index (χ0n) is 18.1. The summed E-state index contributed by atoms with van der Waals surface area (Å²) in [6.45, 7) is 7.03. The lowest BCUT2D eigenvalue weighted by Crippen LogP contribution is -2.40. The summed E-state index contributed by atoms with van der Waals surface area (Å²) in [6, 6.07) is 19.2. The highest BCUT2D eigenvalue weighted by molar-refractivity contribution is 5.78. The lowest BCUT2D eigenvalue weighted by Gasteiger charge is -2.31. The van der Waals surface area contributed by atoms with Gasteiger partial charge in [0.05, 0.1) is 0 Å².